The largest absolute Gasteiger partial charge is 0.338 e. The first-order valence-electron chi connectivity index (χ1n) is 8.34. The number of nitrogens with zero attached hydrogens (tertiary/aromatic N) is 3. The van der Waals surface area contributed by atoms with Crippen molar-refractivity contribution in [3.63, 3.8) is 0 Å². The smallest absolute Gasteiger partial charge is 0.154 e. The van der Waals surface area contributed by atoms with Gasteiger partial charge in [0.15, 0.2) is 5.82 Å². The van der Waals surface area contributed by atoms with Gasteiger partial charge in [0, 0.05) is 30.7 Å². The summed E-state index contributed by atoms with van der Waals surface area (Å²) in [4.78, 5) is 4.22. The molecule has 0 amide bonds. The maximum Gasteiger partial charge on any atom is 0.154 e. The third kappa shape index (κ3) is 2.73. The van der Waals surface area contributed by atoms with Gasteiger partial charge in [-0.2, -0.15) is 5.26 Å². The Morgan fingerprint density at radius 1 is 1.00 bits per heavy atom. The summed E-state index contributed by atoms with van der Waals surface area (Å²) >= 11 is 0. The minimum atomic E-state index is -0.196. The van der Waals surface area contributed by atoms with Crippen LogP contribution in [0.15, 0.2) is 54.6 Å². The third-order valence-electron chi connectivity index (χ3n) is 4.78. The highest BCUT2D eigenvalue weighted by molar-refractivity contribution is 5.88. The molecule has 1 aliphatic heterocycles. The molecule has 1 aliphatic rings. The van der Waals surface area contributed by atoms with Gasteiger partial charge in [-0.05, 0) is 42.3 Å². The summed E-state index contributed by atoms with van der Waals surface area (Å²) in [6, 6.07) is 19.2. The van der Waals surface area contributed by atoms with Gasteiger partial charge in [-0.1, -0.05) is 30.3 Å². The highest BCUT2D eigenvalue weighted by Gasteiger charge is 2.22. The first kappa shape index (κ1) is 15.6. The normalized spacial score (nSPS) is 14.8. The molecule has 3 aromatic carbocycles. The number of benzene rings is 3. The number of hydrogen-bond acceptors (Lipinski definition) is 3. The summed E-state index contributed by atoms with van der Waals surface area (Å²) in [5, 5.41) is 10.7. The molecule has 0 aromatic heterocycles. The molecule has 25 heavy (non-hydrogen) atoms. The molecule has 3 nitrogen and oxygen atoms in total. The molecule has 4 heteroatoms. The lowest BCUT2D eigenvalue weighted by Crippen LogP contribution is -2.26. The third-order valence-corrected chi connectivity index (χ3v) is 4.78. The fourth-order valence-corrected chi connectivity index (χ4v) is 3.49. The second kappa shape index (κ2) is 6.19. The minimum Gasteiger partial charge on any atom is -0.338 e. The van der Waals surface area contributed by atoms with Crippen molar-refractivity contribution in [2.45, 2.75) is 6.54 Å². The first-order valence-corrected chi connectivity index (χ1v) is 8.34. The molecule has 0 saturated carbocycles. The van der Waals surface area contributed by atoms with Crippen LogP contribution in [0.2, 0.25) is 0 Å². The number of nitriles is 1. The zero-order valence-electron chi connectivity index (χ0n) is 14.0. The quantitative estimate of drug-likeness (QED) is 0.660. The summed E-state index contributed by atoms with van der Waals surface area (Å²) in [5.74, 6) is -0.196. The van der Waals surface area contributed by atoms with Crippen LogP contribution in [-0.2, 0) is 6.54 Å². The molecule has 3 aromatic rings. The van der Waals surface area contributed by atoms with Crippen LogP contribution >= 0.6 is 0 Å². The van der Waals surface area contributed by atoms with E-state index in [-0.39, 0.29) is 5.82 Å². The zero-order chi connectivity index (χ0) is 17.4. The minimum absolute atomic E-state index is 0.196. The number of fused-ring (bicyclic) bond motifs is 2. The number of halogens is 1. The molecule has 4 rings (SSSR count). The van der Waals surface area contributed by atoms with Crippen LogP contribution < -0.4 is 4.90 Å². The number of hydrogen-bond donors (Lipinski definition) is 0. The van der Waals surface area contributed by atoms with E-state index in [4.69, 9.17) is 0 Å². The van der Waals surface area contributed by atoms with E-state index in [1.54, 1.807) is 6.07 Å². The van der Waals surface area contributed by atoms with Crippen LogP contribution in [0, 0.1) is 17.1 Å². The molecular weight excluding hydrogens is 313 g/mol. The van der Waals surface area contributed by atoms with Crippen molar-refractivity contribution >= 4 is 22.1 Å². The van der Waals surface area contributed by atoms with Gasteiger partial charge in [-0.3, -0.25) is 0 Å². The maximum atomic E-state index is 15.2. The van der Waals surface area contributed by atoms with E-state index in [0.29, 0.717) is 23.2 Å². The summed E-state index contributed by atoms with van der Waals surface area (Å²) in [7, 11) is 2.04. The molecule has 0 atom stereocenters. The number of anilines is 2. The highest BCUT2D eigenvalue weighted by Crippen LogP contribution is 2.35. The summed E-state index contributed by atoms with van der Waals surface area (Å²) in [6.45, 7) is 2.27. The standard InChI is InChI=1S/C21H18FN3/c1-24-10-11-25(19-8-6-15(13-23)12-17(19)14-24)20-9-7-16-4-2-3-5-18(16)21(20)22/h2-9,12H,10-11,14H2,1H3. The Balaban J connectivity index is 1.89. The fraction of sp³-hybridized carbons (Fsp3) is 0.190. The Morgan fingerprint density at radius 2 is 1.80 bits per heavy atom. The van der Waals surface area contributed by atoms with E-state index in [0.717, 1.165) is 29.7 Å². The first-order chi connectivity index (χ1) is 12.2. The average Bonchev–Trinajstić information content (AvgIpc) is 2.80. The Hall–Kier alpha value is -2.90. The molecule has 0 spiro atoms. The lowest BCUT2D eigenvalue weighted by atomic mass is 10.1. The lowest BCUT2D eigenvalue weighted by Gasteiger charge is -2.26. The van der Waals surface area contributed by atoms with E-state index in [9.17, 15) is 5.26 Å². The monoisotopic (exact) mass is 331 g/mol. The Morgan fingerprint density at radius 3 is 2.64 bits per heavy atom. The Labute approximate surface area is 146 Å². The molecule has 0 unspecified atom stereocenters. The SMILES string of the molecule is CN1CCN(c2ccc3ccccc3c2F)c2ccc(C#N)cc2C1. The van der Waals surface area contributed by atoms with Crippen LogP contribution in [0.1, 0.15) is 11.1 Å². The van der Waals surface area contributed by atoms with Crippen LogP contribution in [0.25, 0.3) is 10.8 Å². The maximum absolute atomic E-state index is 15.2. The number of rotatable bonds is 1. The van der Waals surface area contributed by atoms with E-state index in [1.807, 2.05) is 60.5 Å². The van der Waals surface area contributed by atoms with Crippen LogP contribution in [0.4, 0.5) is 15.8 Å². The molecule has 0 aliphatic carbocycles. The van der Waals surface area contributed by atoms with Gasteiger partial charge in [-0.15, -0.1) is 0 Å². The molecule has 0 bridgehead atoms. The van der Waals surface area contributed by atoms with E-state index < -0.39 is 0 Å². The van der Waals surface area contributed by atoms with Crippen molar-refractivity contribution in [1.29, 1.82) is 5.26 Å². The van der Waals surface area contributed by atoms with Crippen molar-refractivity contribution in [1.82, 2.24) is 4.90 Å². The predicted molar refractivity (Wildman–Crippen MR) is 98.4 cm³/mol. The second-order valence-corrected chi connectivity index (χ2v) is 6.46. The molecule has 0 saturated heterocycles. The van der Waals surface area contributed by atoms with Gasteiger partial charge in [0.2, 0.25) is 0 Å². The summed E-state index contributed by atoms with van der Waals surface area (Å²) in [5.41, 5.74) is 3.23. The van der Waals surface area contributed by atoms with Crippen molar-refractivity contribution < 1.29 is 4.39 Å². The van der Waals surface area contributed by atoms with Crippen molar-refractivity contribution in [2.24, 2.45) is 0 Å². The predicted octanol–water partition coefficient (Wildman–Crippen LogP) is 4.43. The van der Waals surface area contributed by atoms with Crippen molar-refractivity contribution in [3.8, 4) is 6.07 Å². The lowest BCUT2D eigenvalue weighted by molar-refractivity contribution is 0.343. The highest BCUT2D eigenvalue weighted by atomic mass is 19.1. The molecular formula is C21H18FN3. The Bertz CT molecular complexity index is 990. The summed E-state index contributed by atoms with van der Waals surface area (Å²) in [6.07, 6.45) is 0. The molecule has 0 N–H and O–H groups in total. The van der Waals surface area contributed by atoms with Crippen molar-refractivity contribution in [3.05, 3.63) is 71.5 Å². The summed E-state index contributed by atoms with van der Waals surface area (Å²) < 4.78 is 15.2. The molecule has 124 valence electrons. The van der Waals surface area contributed by atoms with Gasteiger partial charge in [0.1, 0.15) is 0 Å². The second-order valence-electron chi connectivity index (χ2n) is 6.46. The van der Waals surface area contributed by atoms with E-state index >= 15 is 4.39 Å². The van der Waals surface area contributed by atoms with Gasteiger partial charge in [-0.25, -0.2) is 4.39 Å². The van der Waals surface area contributed by atoms with Crippen LogP contribution in [0.5, 0.6) is 0 Å². The van der Waals surface area contributed by atoms with E-state index in [2.05, 4.69) is 11.0 Å². The zero-order valence-corrected chi connectivity index (χ0v) is 14.0. The van der Waals surface area contributed by atoms with E-state index in [1.165, 1.54) is 0 Å². The topological polar surface area (TPSA) is 30.3 Å². The van der Waals surface area contributed by atoms with Gasteiger partial charge in [0.05, 0.1) is 17.3 Å². The fourth-order valence-electron chi connectivity index (χ4n) is 3.49. The van der Waals surface area contributed by atoms with Crippen molar-refractivity contribution in [2.75, 3.05) is 25.0 Å². The average molecular weight is 331 g/mol. The van der Waals surface area contributed by atoms with Crippen LogP contribution in [-0.4, -0.2) is 25.0 Å². The number of likely N-dealkylation sites (N-methyl/N-ethyl adjacent to an activating group) is 1. The Kier molecular flexibility index (Phi) is 3.87. The molecule has 0 fully saturated rings. The molecule has 0 radical (unpaired) electrons. The van der Waals surface area contributed by atoms with Gasteiger partial charge >= 0.3 is 0 Å². The van der Waals surface area contributed by atoms with Gasteiger partial charge in [0.25, 0.3) is 0 Å². The van der Waals surface area contributed by atoms with Gasteiger partial charge < -0.3 is 9.80 Å². The molecule has 1 heterocycles. The van der Waals surface area contributed by atoms with Crippen LogP contribution in [0.3, 0.4) is 0 Å².